The number of nitrogens with zero attached hydrogens (tertiary/aromatic N) is 5. The number of nitrogens with one attached hydrogen (secondary N) is 2. The number of methoxy groups -OCH3 is 1. The number of rotatable bonds is 5. The summed E-state index contributed by atoms with van der Waals surface area (Å²) in [4.78, 5) is 19.2. The Kier molecular flexibility index (Phi) is 5.10. The number of amides is 1. The monoisotopic (exact) mass is 419 g/mol. The van der Waals surface area contributed by atoms with Gasteiger partial charge in [-0.2, -0.15) is 10.2 Å². The van der Waals surface area contributed by atoms with Crippen molar-refractivity contribution in [2.45, 2.75) is 20.8 Å². The molecule has 0 saturated carbocycles. The lowest BCUT2D eigenvalue weighted by Crippen LogP contribution is -2.25. The van der Waals surface area contributed by atoms with E-state index >= 15 is 0 Å². The van der Waals surface area contributed by atoms with Crippen LogP contribution in [0.3, 0.4) is 0 Å². The molecule has 160 valence electrons. The molecule has 31 heavy (non-hydrogen) atoms. The largest absolute Gasteiger partial charge is 0.496 e. The van der Waals surface area contributed by atoms with Gasteiger partial charge in [0.25, 0.3) is 0 Å². The van der Waals surface area contributed by atoms with Gasteiger partial charge in [0.1, 0.15) is 5.75 Å². The average molecular weight is 419 g/mol. The van der Waals surface area contributed by atoms with Gasteiger partial charge in [-0.15, -0.1) is 0 Å². The fourth-order valence-electron chi connectivity index (χ4n) is 3.89. The zero-order chi connectivity index (χ0) is 22.3. The van der Waals surface area contributed by atoms with Crippen molar-refractivity contribution in [1.29, 1.82) is 0 Å². The quantitative estimate of drug-likeness (QED) is 0.511. The number of fused-ring (bicyclic) bond motifs is 1. The van der Waals surface area contributed by atoms with E-state index in [2.05, 4.69) is 25.6 Å². The average Bonchev–Trinajstić information content (AvgIpc) is 3.33. The first kappa shape index (κ1) is 20.4. The lowest BCUT2D eigenvalue weighted by atomic mass is 10.0. The predicted octanol–water partition coefficient (Wildman–Crippen LogP) is 3.71. The Bertz CT molecular complexity index is 1270. The molecular weight excluding hydrogens is 394 g/mol. The lowest BCUT2D eigenvalue weighted by Gasteiger charge is -2.26. The summed E-state index contributed by atoms with van der Waals surface area (Å²) in [5, 5.41) is 15.5. The molecule has 4 rings (SSSR count). The number of ether oxygens (including phenoxy) is 1. The third kappa shape index (κ3) is 3.37. The standard InChI is InChI=1S/C22H25N7O2/c1-12-21(13(2)27-26-12)29(14(3)30)22-17-7-16(15-9-25-28(5)11-15)20(31-6)8-18(17)24-10-19(22)23-4/h7-11,23H,1-6H3,(H,26,27). The number of aromatic nitrogens is 5. The van der Waals surface area contributed by atoms with Gasteiger partial charge in [-0.25, -0.2) is 0 Å². The first-order chi connectivity index (χ1) is 14.8. The Balaban J connectivity index is 2.08. The number of carbonyl (C=O) groups excluding carboxylic acids is 1. The normalized spacial score (nSPS) is 11.0. The van der Waals surface area contributed by atoms with Crippen LogP contribution in [0.4, 0.5) is 17.1 Å². The van der Waals surface area contributed by atoms with Crippen LogP contribution in [-0.4, -0.2) is 45.0 Å². The van der Waals surface area contributed by atoms with Crippen LogP contribution in [0, 0.1) is 13.8 Å². The van der Waals surface area contributed by atoms with Gasteiger partial charge in [0.15, 0.2) is 0 Å². The number of hydrogen-bond acceptors (Lipinski definition) is 6. The smallest absolute Gasteiger partial charge is 0.228 e. The van der Waals surface area contributed by atoms with E-state index in [0.29, 0.717) is 17.0 Å². The molecule has 0 fully saturated rings. The van der Waals surface area contributed by atoms with E-state index in [1.807, 2.05) is 46.3 Å². The second-order valence-corrected chi connectivity index (χ2v) is 7.38. The third-order valence-corrected chi connectivity index (χ3v) is 5.30. The van der Waals surface area contributed by atoms with Crippen LogP contribution in [0.5, 0.6) is 5.75 Å². The summed E-state index contributed by atoms with van der Waals surface area (Å²) in [5.74, 6) is 0.552. The fraction of sp³-hybridized carbons (Fsp3) is 0.273. The van der Waals surface area contributed by atoms with Crippen LogP contribution in [0.1, 0.15) is 18.3 Å². The highest BCUT2D eigenvalue weighted by molar-refractivity contribution is 6.12. The van der Waals surface area contributed by atoms with Crippen molar-refractivity contribution in [3.8, 4) is 16.9 Å². The van der Waals surface area contributed by atoms with Crippen LogP contribution in [0.25, 0.3) is 22.0 Å². The molecule has 1 aromatic carbocycles. The van der Waals surface area contributed by atoms with Crippen molar-refractivity contribution >= 4 is 33.9 Å². The second kappa shape index (κ2) is 7.75. The van der Waals surface area contributed by atoms with Crippen molar-refractivity contribution in [2.75, 3.05) is 24.4 Å². The van der Waals surface area contributed by atoms with E-state index in [9.17, 15) is 4.79 Å². The summed E-state index contributed by atoms with van der Waals surface area (Å²) in [6.07, 6.45) is 5.43. The minimum atomic E-state index is -0.129. The molecule has 2 N–H and O–H groups in total. The Hall–Kier alpha value is -3.88. The van der Waals surface area contributed by atoms with Crippen molar-refractivity contribution in [2.24, 2.45) is 7.05 Å². The molecule has 0 aliphatic heterocycles. The minimum Gasteiger partial charge on any atom is -0.496 e. The van der Waals surface area contributed by atoms with Crippen LogP contribution >= 0.6 is 0 Å². The maximum absolute atomic E-state index is 12.9. The molecule has 0 saturated heterocycles. The number of benzene rings is 1. The number of pyridine rings is 1. The molecule has 0 aliphatic carbocycles. The molecule has 0 spiro atoms. The highest BCUT2D eigenvalue weighted by Gasteiger charge is 2.26. The van der Waals surface area contributed by atoms with E-state index in [1.54, 1.807) is 36.0 Å². The number of anilines is 3. The van der Waals surface area contributed by atoms with Gasteiger partial charge < -0.3 is 10.1 Å². The summed E-state index contributed by atoms with van der Waals surface area (Å²) < 4.78 is 7.38. The second-order valence-electron chi connectivity index (χ2n) is 7.38. The van der Waals surface area contributed by atoms with Gasteiger partial charge in [0.2, 0.25) is 5.91 Å². The van der Waals surface area contributed by atoms with E-state index in [4.69, 9.17) is 4.74 Å². The zero-order valence-corrected chi connectivity index (χ0v) is 18.4. The summed E-state index contributed by atoms with van der Waals surface area (Å²) in [6.45, 7) is 5.32. The van der Waals surface area contributed by atoms with Gasteiger partial charge >= 0.3 is 0 Å². The van der Waals surface area contributed by atoms with E-state index < -0.39 is 0 Å². The number of carbonyl (C=O) groups is 1. The number of aryl methyl sites for hydroxylation is 3. The Morgan fingerprint density at radius 3 is 2.55 bits per heavy atom. The first-order valence-corrected chi connectivity index (χ1v) is 9.85. The number of aromatic amines is 1. The molecule has 9 heteroatoms. The SMILES string of the molecule is CNc1cnc2cc(OC)c(-c3cnn(C)c3)cc2c1N(C(C)=O)c1c(C)n[nH]c1C. The molecule has 9 nitrogen and oxygen atoms in total. The molecular formula is C22H25N7O2. The van der Waals surface area contributed by atoms with Gasteiger partial charge in [-0.05, 0) is 19.9 Å². The highest BCUT2D eigenvalue weighted by Crippen LogP contribution is 2.43. The predicted molar refractivity (Wildman–Crippen MR) is 121 cm³/mol. The Labute approximate surface area is 180 Å². The lowest BCUT2D eigenvalue weighted by molar-refractivity contribution is -0.115. The molecule has 0 aliphatic rings. The van der Waals surface area contributed by atoms with E-state index in [1.165, 1.54) is 0 Å². The molecule has 3 heterocycles. The molecule has 0 atom stereocenters. The molecule has 1 amide bonds. The Morgan fingerprint density at radius 2 is 2.00 bits per heavy atom. The minimum absolute atomic E-state index is 0.129. The third-order valence-electron chi connectivity index (χ3n) is 5.30. The summed E-state index contributed by atoms with van der Waals surface area (Å²) >= 11 is 0. The molecule has 4 aromatic rings. The van der Waals surface area contributed by atoms with Gasteiger partial charge in [-0.1, -0.05) is 0 Å². The number of hydrogen-bond donors (Lipinski definition) is 2. The van der Waals surface area contributed by atoms with Crippen molar-refractivity contribution < 1.29 is 9.53 Å². The first-order valence-electron chi connectivity index (χ1n) is 9.85. The molecule has 3 aromatic heterocycles. The maximum Gasteiger partial charge on any atom is 0.228 e. The van der Waals surface area contributed by atoms with Crippen molar-refractivity contribution in [3.05, 3.63) is 42.1 Å². The summed E-state index contributed by atoms with van der Waals surface area (Å²) in [6, 6.07) is 3.88. The van der Waals surface area contributed by atoms with E-state index in [-0.39, 0.29) is 5.91 Å². The molecule has 0 unspecified atom stereocenters. The van der Waals surface area contributed by atoms with E-state index in [0.717, 1.165) is 39.3 Å². The summed E-state index contributed by atoms with van der Waals surface area (Å²) in [7, 11) is 5.31. The van der Waals surface area contributed by atoms with Crippen molar-refractivity contribution in [3.63, 3.8) is 0 Å². The van der Waals surface area contributed by atoms with Crippen LogP contribution in [0.15, 0.2) is 30.7 Å². The van der Waals surface area contributed by atoms with Crippen LogP contribution in [0.2, 0.25) is 0 Å². The van der Waals surface area contributed by atoms with Crippen molar-refractivity contribution in [1.82, 2.24) is 25.0 Å². The maximum atomic E-state index is 12.9. The van der Waals surface area contributed by atoms with Gasteiger partial charge in [0, 0.05) is 49.8 Å². The fourth-order valence-corrected chi connectivity index (χ4v) is 3.89. The van der Waals surface area contributed by atoms with Crippen LogP contribution in [-0.2, 0) is 11.8 Å². The summed E-state index contributed by atoms with van der Waals surface area (Å²) in [5.41, 5.74) is 6.20. The van der Waals surface area contributed by atoms with Gasteiger partial charge in [-0.3, -0.25) is 24.5 Å². The number of H-pyrrole nitrogens is 1. The Morgan fingerprint density at radius 1 is 1.23 bits per heavy atom. The zero-order valence-electron chi connectivity index (χ0n) is 18.4. The van der Waals surface area contributed by atoms with Crippen LogP contribution < -0.4 is 15.0 Å². The highest BCUT2D eigenvalue weighted by atomic mass is 16.5. The molecule has 0 bridgehead atoms. The topological polar surface area (TPSA) is 101 Å². The molecule has 0 radical (unpaired) electrons. The van der Waals surface area contributed by atoms with Gasteiger partial charge in [0.05, 0.1) is 53.5 Å².